The highest BCUT2D eigenvalue weighted by Gasteiger charge is 2.19. The molecule has 0 bridgehead atoms. The van der Waals surface area contributed by atoms with Crippen molar-refractivity contribution >= 4 is 40.9 Å². The van der Waals surface area contributed by atoms with Gasteiger partial charge in [0.05, 0.1) is 11.2 Å². The first-order chi connectivity index (χ1) is 10.0. The van der Waals surface area contributed by atoms with E-state index in [0.29, 0.717) is 16.7 Å². The predicted molar refractivity (Wildman–Crippen MR) is 86.1 cm³/mol. The van der Waals surface area contributed by atoms with E-state index in [1.54, 1.807) is 13.1 Å². The van der Waals surface area contributed by atoms with Crippen LogP contribution < -0.4 is 0 Å². The third-order valence-corrected chi connectivity index (χ3v) is 4.03. The first kappa shape index (κ1) is 16.1. The van der Waals surface area contributed by atoms with Crippen molar-refractivity contribution < 1.29 is 4.79 Å². The van der Waals surface area contributed by atoms with Crippen LogP contribution in [-0.2, 0) is 6.54 Å². The molecule has 21 heavy (non-hydrogen) atoms. The largest absolute Gasteiger partial charge is 0.336 e. The van der Waals surface area contributed by atoms with Gasteiger partial charge in [-0.15, -0.1) is 0 Å². The molecule has 0 unspecified atom stereocenters. The number of carbonyl (C=O) groups is 1. The lowest BCUT2D eigenvalue weighted by Gasteiger charge is -2.18. The number of carbonyl (C=O) groups excluding carboxylic acids is 1. The summed E-state index contributed by atoms with van der Waals surface area (Å²) in [5, 5.41) is 1.37. The SMILES string of the molecule is CSc1ncc(Cl)c(C(=O)N(C)Cc2ccccc2Cl)n1. The molecular weight excluding hydrogens is 329 g/mol. The number of halogens is 2. The molecule has 0 aliphatic rings. The van der Waals surface area contributed by atoms with Gasteiger partial charge in [-0.25, -0.2) is 9.97 Å². The molecule has 4 nitrogen and oxygen atoms in total. The van der Waals surface area contributed by atoms with E-state index in [1.165, 1.54) is 22.9 Å². The first-order valence-electron chi connectivity index (χ1n) is 6.08. The molecule has 0 atom stereocenters. The van der Waals surface area contributed by atoms with Crippen LogP contribution in [0.5, 0.6) is 0 Å². The van der Waals surface area contributed by atoms with Crippen molar-refractivity contribution in [3.63, 3.8) is 0 Å². The zero-order chi connectivity index (χ0) is 15.4. The Hall–Kier alpha value is -1.30. The molecule has 1 aromatic carbocycles. The zero-order valence-electron chi connectivity index (χ0n) is 11.5. The second-order valence-electron chi connectivity index (χ2n) is 4.31. The number of aromatic nitrogens is 2. The van der Waals surface area contributed by atoms with E-state index in [0.717, 1.165) is 5.56 Å². The van der Waals surface area contributed by atoms with Gasteiger partial charge in [0, 0.05) is 18.6 Å². The van der Waals surface area contributed by atoms with Crippen LogP contribution in [0.15, 0.2) is 35.6 Å². The minimum atomic E-state index is -0.266. The van der Waals surface area contributed by atoms with E-state index in [2.05, 4.69) is 9.97 Å². The van der Waals surface area contributed by atoms with Gasteiger partial charge >= 0.3 is 0 Å². The second kappa shape index (κ2) is 7.11. The molecule has 2 rings (SSSR count). The van der Waals surface area contributed by atoms with Crippen LogP contribution in [0.4, 0.5) is 0 Å². The Balaban J connectivity index is 2.22. The zero-order valence-corrected chi connectivity index (χ0v) is 13.8. The summed E-state index contributed by atoms with van der Waals surface area (Å²) in [5.74, 6) is -0.266. The van der Waals surface area contributed by atoms with Crippen molar-refractivity contribution in [1.29, 1.82) is 0 Å². The molecule has 1 aromatic heterocycles. The van der Waals surface area contributed by atoms with Crippen LogP contribution in [-0.4, -0.2) is 34.1 Å². The normalized spacial score (nSPS) is 10.5. The fourth-order valence-electron chi connectivity index (χ4n) is 1.73. The number of rotatable bonds is 4. The summed E-state index contributed by atoms with van der Waals surface area (Å²) in [6.07, 6.45) is 3.28. The van der Waals surface area contributed by atoms with Gasteiger partial charge in [-0.2, -0.15) is 0 Å². The molecule has 0 fully saturated rings. The maximum Gasteiger partial charge on any atom is 0.274 e. The van der Waals surface area contributed by atoms with Gasteiger partial charge in [0.15, 0.2) is 10.9 Å². The second-order valence-corrected chi connectivity index (χ2v) is 5.89. The topological polar surface area (TPSA) is 46.1 Å². The average Bonchev–Trinajstić information content (AvgIpc) is 2.49. The third kappa shape index (κ3) is 3.87. The van der Waals surface area contributed by atoms with Gasteiger partial charge in [0.2, 0.25) is 0 Å². The Morgan fingerprint density at radius 2 is 2.00 bits per heavy atom. The molecule has 0 radical (unpaired) electrons. The highest BCUT2D eigenvalue weighted by molar-refractivity contribution is 7.98. The number of benzene rings is 1. The molecule has 110 valence electrons. The lowest BCUT2D eigenvalue weighted by Crippen LogP contribution is -2.27. The van der Waals surface area contributed by atoms with E-state index in [1.807, 2.05) is 24.5 Å². The van der Waals surface area contributed by atoms with E-state index in [4.69, 9.17) is 23.2 Å². The number of hydrogen-bond acceptors (Lipinski definition) is 4. The molecule has 2 aromatic rings. The van der Waals surface area contributed by atoms with E-state index in [9.17, 15) is 4.79 Å². The van der Waals surface area contributed by atoms with Crippen LogP contribution >= 0.6 is 35.0 Å². The van der Waals surface area contributed by atoms with Crippen molar-refractivity contribution in [2.75, 3.05) is 13.3 Å². The van der Waals surface area contributed by atoms with Crippen LogP contribution in [0.25, 0.3) is 0 Å². The van der Waals surface area contributed by atoms with E-state index < -0.39 is 0 Å². The molecule has 0 aliphatic carbocycles. The summed E-state index contributed by atoms with van der Waals surface area (Å²) < 4.78 is 0. The minimum Gasteiger partial charge on any atom is -0.336 e. The van der Waals surface area contributed by atoms with Crippen molar-refractivity contribution in [3.05, 3.63) is 51.8 Å². The van der Waals surface area contributed by atoms with Gasteiger partial charge in [-0.1, -0.05) is 53.2 Å². The Morgan fingerprint density at radius 3 is 2.67 bits per heavy atom. The number of nitrogens with zero attached hydrogens (tertiary/aromatic N) is 3. The molecule has 0 N–H and O–H groups in total. The highest BCUT2D eigenvalue weighted by Crippen LogP contribution is 2.20. The fourth-order valence-corrected chi connectivity index (χ4v) is 2.44. The molecule has 0 saturated carbocycles. The quantitative estimate of drug-likeness (QED) is 0.627. The Kier molecular flexibility index (Phi) is 5.45. The number of amides is 1. The molecule has 0 aliphatic heterocycles. The Morgan fingerprint density at radius 1 is 1.29 bits per heavy atom. The Bertz CT molecular complexity index is 666. The smallest absolute Gasteiger partial charge is 0.274 e. The van der Waals surface area contributed by atoms with Crippen molar-refractivity contribution in [2.45, 2.75) is 11.7 Å². The highest BCUT2D eigenvalue weighted by atomic mass is 35.5. The first-order valence-corrected chi connectivity index (χ1v) is 8.06. The third-order valence-electron chi connectivity index (χ3n) is 2.82. The van der Waals surface area contributed by atoms with Gasteiger partial charge in [-0.3, -0.25) is 4.79 Å². The summed E-state index contributed by atoms with van der Waals surface area (Å²) in [4.78, 5) is 22.2. The summed E-state index contributed by atoms with van der Waals surface area (Å²) in [6, 6.07) is 7.39. The van der Waals surface area contributed by atoms with Crippen LogP contribution in [0.1, 0.15) is 16.1 Å². The van der Waals surface area contributed by atoms with E-state index in [-0.39, 0.29) is 16.6 Å². The van der Waals surface area contributed by atoms with Crippen LogP contribution in [0, 0.1) is 0 Å². The summed E-state index contributed by atoms with van der Waals surface area (Å²) in [7, 11) is 1.68. The molecule has 7 heteroatoms. The lowest BCUT2D eigenvalue weighted by atomic mass is 10.2. The van der Waals surface area contributed by atoms with Gasteiger partial charge in [-0.05, 0) is 17.9 Å². The summed E-state index contributed by atoms with van der Waals surface area (Å²) in [5.41, 5.74) is 1.07. The van der Waals surface area contributed by atoms with Gasteiger partial charge < -0.3 is 4.90 Å². The monoisotopic (exact) mass is 341 g/mol. The van der Waals surface area contributed by atoms with Crippen molar-refractivity contribution in [3.8, 4) is 0 Å². The number of thioether (sulfide) groups is 1. The molecule has 1 heterocycles. The molecule has 1 amide bonds. The van der Waals surface area contributed by atoms with Crippen molar-refractivity contribution in [1.82, 2.24) is 14.9 Å². The summed E-state index contributed by atoms with van der Waals surface area (Å²) in [6.45, 7) is 0.382. The standard InChI is InChI=1S/C14H13Cl2N3OS/c1-19(8-9-5-3-4-6-10(9)15)13(20)12-11(16)7-17-14(18-12)21-2/h3-7H,8H2,1-2H3. The van der Waals surface area contributed by atoms with Crippen LogP contribution in [0.3, 0.4) is 0 Å². The van der Waals surface area contributed by atoms with Gasteiger partial charge in [0.25, 0.3) is 5.91 Å². The minimum absolute atomic E-state index is 0.200. The molecular formula is C14H13Cl2N3OS. The number of hydrogen-bond donors (Lipinski definition) is 0. The lowest BCUT2D eigenvalue weighted by molar-refractivity contribution is 0.0778. The van der Waals surface area contributed by atoms with E-state index >= 15 is 0 Å². The van der Waals surface area contributed by atoms with Crippen molar-refractivity contribution in [2.24, 2.45) is 0 Å². The maximum absolute atomic E-state index is 12.4. The average molecular weight is 342 g/mol. The van der Waals surface area contributed by atoms with Gasteiger partial charge in [0.1, 0.15) is 0 Å². The predicted octanol–water partition coefficient (Wildman–Crippen LogP) is 3.78. The maximum atomic E-state index is 12.4. The molecule has 0 saturated heterocycles. The molecule has 0 spiro atoms. The Labute approximate surface area is 137 Å². The summed E-state index contributed by atoms with van der Waals surface area (Å²) >= 11 is 13.5. The fraction of sp³-hybridized carbons (Fsp3) is 0.214. The van der Waals surface area contributed by atoms with Crippen LogP contribution in [0.2, 0.25) is 10.0 Å².